The molecule has 1 heterocycles. The summed E-state index contributed by atoms with van der Waals surface area (Å²) in [5.41, 5.74) is 3.61. The molecule has 0 aliphatic heterocycles. The average Bonchev–Trinajstić information content (AvgIpc) is 3.08. The SMILES string of the molecule is CN(C)C(CNC(=O)NC1CCc2ccc(O)cc2C1)c1ccsc1. The fraction of sp³-hybridized carbons (Fsp3) is 0.421. The van der Waals surface area contributed by atoms with E-state index >= 15 is 0 Å². The van der Waals surface area contributed by atoms with Crippen molar-refractivity contribution in [3.05, 3.63) is 51.7 Å². The predicted octanol–water partition coefficient (Wildman–Crippen LogP) is 2.91. The standard InChI is InChI=1S/C19H25N3O2S/c1-22(2)18(14-7-8-25-12-14)11-20-19(24)21-16-5-3-13-4-6-17(23)10-15(13)9-16/h4,6-8,10,12,16,18,23H,3,5,9,11H2,1-2H3,(H2,20,21,24). The summed E-state index contributed by atoms with van der Waals surface area (Å²) in [6, 6.07) is 7.75. The van der Waals surface area contributed by atoms with E-state index in [2.05, 4.69) is 32.4 Å². The number of carbonyl (C=O) groups excluding carboxylic acids is 1. The van der Waals surface area contributed by atoms with Gasteiger partial charge in [0.2, 0.25) is 0 Å². The van der Waals surface area contributed by atoms with Crippen LogP contribution < -0.4 is 10.6 Å². The number of thiophene rings is 1. The van der Waals surface area contributed by atoms with Crippen molar-refractivity contribution in [1.82, 2.24) is 15.5 Å². The molecule has 2 aromatic rings. The fourth-order valence-electron chi connectivity index (χ4n) is 3.36. The van der Waals surface area contributed by atoms with Gasteiger partial charge in [-0.05, 0) is 79.0 Å². The van der Waals surface area contributed by atoms with Crippen LogP contribution in [0, 0.1) is 0 Å². The number of rotatable bonds is 5. The number of fused-ring (bicyclic) bond motifs is 1. The first-order valence-corrected chi connectivity index (χ1v) is 9.51. The van der Waals surface area contributed by atoms with Crippen molar-refractivity contribution in [1.29, 1.82) is 0 Å². The third-order valence-corrected chi connectivity index (χ3v) is 5.46. The molecule has 0 spiro atoms. The van der Waals surface area contributed by atoms with Gasteiger partial charge in [-0.2, -0.15) is 11.3 Å². The molecule has 0 bridgehead atoms. The molecule has 0 fully saturated rings. The van der Waals surface area contributed by atoms with Crippen LogP contribution in [0.5, 0.6) is 5.75 Å². The summed E-state index contributed by atoms with van der Waals surface area (Å²) >= 11 is 1.67. The number of nitrogens with one attached hydrogen (secondary N) is 2. The Balaban J connectivity index is 1.53. The van der Waals surface area contributed by atoms with Gasteiger partial charge in [-0.25, -0.2) is 4.79 Å². The Morgan fingerprint density at radius 1 is 1.36 bits per heavy atom. The molecule has 0 saturated carbocycles. The minimum atomic E-state index is -0.129. The van der Waals surface area contributed by atoms with E-state index in [1.807, 2.05) is 20.2 Å². The van der Waals surface area contributed by atoms with E-state index in [1.165, 1.54) is 11.1 Å². The Hall–Kier alpha value is -2.05. The summed E-state index contributed by atoms with van der Waals surface area (Å²) in [5.74, 6) is 0.286. The minimum Gasteiger partial charge on any atom is -0.508 e. The molecule has 2 unspecified atom stereocenters. The van der Waals surface area contributed by atoms with Crippen LogP contribution in [0.15, 0.2) is 35.0 Å². The lowest BCUT2D eigenvalue weighted by Crippen LogP contribution is -2.46. The number of nitrogens with zero attached hydrogens (tertiary/aromatic N) is 1. The summed E-state index contributed by atoms with van der Waals surface area (Å²) in [5, 5.41) is 19.9. The number of phenols is 1. The molecule has 1 aliphatic rings. The highest BCUT2D eigenvalue weighted by Crippen LogP contribution is 2.25. The van der Waals surface area contributed by atoms with Crippen LogP contribution in [0.3, 0.4) is 0 Å². The van der Waals surface area contributed by atoms with E-state index in [9.17, 15) is 9.90 Å². The van der Waals surface area contributed by atoms with Crippen molar-refractivity contribution in [2.24, 2.45) is 0 Å². The molecule has 3 rings (SSSR count). The maximum Gasteiger partial charge on any atom is 0.315 e. The Morgan fingerprint density at radius 2 is 2.20 bits per heavy atom. The summed E-state index contributed by atoms with van der Waals surface area (Å²) in [4.78, 5) is 14.4. The van der Waals surface area contributed by atoms with E-state index in [0.29, 0.717) is 6.54 Å². The van der Waals surface area contributed by atoms with Crippen LogP contribution in [0.25, 0.3) is 0 Å². The summed E-state index contributed by atoms with van der Waals surface area (Å²) < 4.78 is 0. The number of hydrogen-bond acceptors (Lipinski definition) is 4. The highest BCUT2D eigenvalue weighted by molar-refractivity contribution is 7.07. The van der Waals surface area contributed by atoms with Crippen molar-refractivity contribution in [2.75, 3.05) is 20.6 Å². The maximum absolute atomic E-state index is 12.3. The summed E-state index contributed by atoms with van der Waals surface area (Å²) in [7, 11) is 4.04. The topological polar surface area (TPSA) is 64.6 Å². The third-order valence-electron chi connectivity index (χ3n) is 4.76. The van der Waals surface area contributed by atoms with Crippen LogP contribution in [-0.2, 0) is 12.8 Å². The lowest BCUT2D eigenvalue weighted by atomic mass is 9.88. The molecular formula is C19H25N3O2S. The number of urea groups is 1. The molecule has 1 aliphatic carbocycles. The van der Waals surface area contributed by atoms with E-state index in [4.69, 9.17) is 0 Å². The number of hydrogen-bond donors (Lipinski definition) is 3. The molecule has 25 heavy (non-hydrogen) atoms. The van der Waals surface area contributed by atoms with Crippen LogP contribution in [0.4, 0.5) is 4.79 Å². The number of carbonyl (C=O) groups is 1. The Labute approximate surface area is 152 Å². The average molecular weight is 359 g/mol. The van der Waals surface area contributed by atoms with Crippen molar-refractivity contribution in [3.63, 3.8) is 0 Å². The Morgan fingerprint density at radius 3 is 2.92 bits per heavy atom. The lowest BCUT2D eigenvalue weighted by Gasteiger charge is -2.27. The monoisotopic (exact) mass is 359 g/mol. The Bertz CT molecular complexity index is 715. The van der Waals surface area contributed by atoms with E-state index in [1.54, 1.807) is 23.5 Å². The van der Waals surface area contributed by atoms with Gasteiger partial charge in [0.05, 0.1) is 6.04 Å². The van der Waals surface area contributed by atoms with E-state index in [-0.39, 0.29) is 23.9 Å². The van der Waals surface area contributed by atoms with Gasteiger partial charge in [-0.15, -0.1) is 0 Å². The molecule has 2 amide bonds. The molecule has 3 N–H and O–H groups in total. The van der Waals surface area contributed by atoms with E-state index < -0.39 is 0 Å². The van der Waals surface area contributed by atoms with Crippen LogP contribution >= 0.6 is 11.3 Å². The summed E-state index contributed by atoms with van der Waals surface area (Å²) in [6.45, 7) is 0.569. The van der Waals surface area contributed by atoms with Gasteiger partial charge in [0.15, 0.2) is 0 Å². The number of phenolic OH excluding ortho intramolecular Hbond substituents is 1. The van der Waals surface area contributed by atoms with E-state index in [0.717, 1.165) is 24.8 Å². The molecule has 1 aromatic heterocycles. The molecule has 134 valence electrons. The Kier molecular flexibility index (Phi) is 5.60. The largest absolute Gasteiger partial charge is 0.508 e. The number of aromatic hydroxyl groups is 1. The fourth-order valence-corrected chi connectivity index (χ4v) is 4.06. The van der Waals surface area contributed by atoms with Crippen LogP contribution in [0.2, 0.25) is 0 Å². The van der Waals surface area contributed by atoms with Crippen molar-refractivity contribution in [2.45, 2.75) is 31.3 Å². The first kappa shape index (κ1) is 17.8. The number of likely N-dealkylation sites (N-methyl/N-ethyl adjacent to an activating group) is 1. The maximum atomic E-state index is 12.3. The van der Waals surface area contributed by atoms with Gasteiger partial charge in [0.1, 0.15) is 5.75 Å². The minimum absolute atomic E-state index is 0.105. The zero-order chi connectivity index (χ0) is 17.8. The normalized spacial score (nSPS) is 17.8. The highest BCUT2D eigenvalue weighted by Gasteiger charge is 2.21. The van der Waals surface area contributed by atoms with Gasteiger partial charge in [0.25, 0.3) is 0 Å². The molecule has 2 atom stereocenters. The van der Waals surface area contributed by atoms with Crippen LogP contribution in [-0.4, -0.2) is 42.7 Å². The van der Waals surface area contributed by atoms with Crippen LogP contribution in [0.1, 0.15) is 29.2 Å². The lowest BCUT2D eigenvalue weighted by molar-refractivity contribution is 0.228. The van der Waals surface area contributed by atoms with Gasteiger partial charge in [0, 0.05) is 12.6 Å². The van der Waals surface area contributed by atoms with Crippen molar-refractivity contribution < 1.29 is 9.90 Å². The first-order valence-electron chi connectivity index (χ1n) is 8.56. The smallest absolute Gasteiger partial charge is 0.315 e. The highest BCUT2D eigenvalue weighted by atomic mass is 32.1. The predicted molar refractivity (Wildman–Crippen MR) is 101 cm³/mol. The third kappa shape index (κ3) is 4.52. The molecular weight excluding hydrogens is 334 g/mol. The summed E-state index contributed by atoms with van der Waals surface area (Å²) in [6.07, 6.45) is 2.61. The second kappa shape index (κ2) is 7.89. The van der Waals surface area contributed by atoms with Crippen molar-refractivity contribution >= 4 is 17.4 Å². The quantitative estimate of drug-likeness (QED) is 0.769. The zero-order valence-corrected chi connectivity index (χ0v) is 15.5. The molecule has 0 radical (unpaired) electrons. The molecule has 0 saturated heterocycles. The number of amides is 2. The van der Waals surface area contributed by atoms with Crippen molar-refractivity contribution in [3.8, 4) is 5.75 Å². The second-order valence-electron chi connectivity index (χ2n) is 6.78. The number of aryl methyl sites for hydroxylation is 1. The van der Waals surface area contributed by atoms with Gasteiger partial charge in [-0.3, -0.25) is 0 Å². The zero-order valence-electron chi connectivity index (χ0n) is 14.7. The van der Waals surface area contributed by atoms with Gasteiger partial charge >= 0.3 is 6.03 Å². The second-order valence-corrected chi connectivity index (χ2v) is 7.56. The first-order chi connectivity index (χ1) is 12.0. The molecule has 1 aromatic carbocycles. The molecule has 5 nitrogen and oxygen atoms in total. The molecule has 6 heteroatoms. The van der Waals surface area contributed by atoms with Gasteiger partial charge < -0.3 is 20.6 Å². The van der Waals surface area contributed by atoms with Gasteiger partial charge in [-0.1, -0.05) is 6.07 Å². The number of benzene rings is 1.